The van der Waals surface area contributed by atoms with E-state index in [1.807, 2.05) is 0 Å². The summed E-state index contributed by atoms with van der Waals surface area (Å²) in [7, 11) is 1.37. The SMILES string of the molecule is Cc1cc(C(F)(F)F)ccc1C(C)(C=O)N(C)C(=O)OC(C)(C)C. The van der Waals surface area contributed by atoms with Crippen molar-refractivity contribution in [2.75, 3.05) is 7.05 Å². The summed E-state index contributed by atoms with van der Waals surface area (Å²) in [6.45, 7) is 7.97. The molecule has 0 aliphatic rings. The minimum absolute atomic E-state index is 0.259. The van der Waals surface area contributed by atoms with Crippen LogP contribution in [-0.4, -0.2) is 29.9 Å². The Morgan fingerprint density at radius 2 is 1.71 bits per heavy atom. The molecule has 1 unspecified atom stereocenters. The second-order valence-corrected chi connectivity index (χ2v) is 6.83. The lowest BCUT2D eigenvalue weighted by molar-refractivity contribution is -0.137. The molecule has 0 aliphatic carbocycles. The molecule has 134 valence electrons. The highest BCUT2D eigenvalue weighted by molar-refractivity contribution is 5.78. The van der Waals surface area contributed by atoms with Crippen molar-refractivity contribution in [2.45, 2.75) is 51.9 Å². The number of alkyl halides is 3. The van der Waals surface area contributed by atoms with Crippen LogP contribution in [0.15, 0.2) is 18.2 Å². The van der Waals surface area contributed by atoms with Gasteiger partial charge in [0.25, 0.3) is 0 Å². The van der Waals surface area contributed by atoms with Crippen molar-refractivity contribution >= 4 is 12.4 Å². The summed E-state index contributed by atoms with van der Waals surface area (Å²) in [4.78, 5) is 25.0. The molecule has 0 N–H and O–H groups in total. The molecule has 1 aromatic rings. The summed E-state index contributed by atoms with van der Waals surface area (Å²) in [6, 6.07) is 3.07. The van der Waals surface area contributed by atoms with Gasteiger partial charge in [-0.05, 0) is 57.9 Å². The predicted molar refractivity (Wildman–Crippen MR) is 83.6 cm³/mol. The highest BCUT2D eigenvalue weighted by Gasteiger charge is 2.39. The fourth-order valence-corrected chi connectivity index (χ4v) is 2.25. The molecule has 0 radical (unpaired) electrons. The van der Waals surface area contributed by atoms with Crippen molar-refractivity contribution in [3.63, 3.8) is 0 Å². The Morgan fingerprint density at radius 1 is 1.17 bits per heavy atom. The molecule has 1 atom stereocenters. The Hall–Kier alpha value is -2.05. The number of likely N-dealkylation sites (N-methyl/N-ethyl adjacent to an activating group) is 1. The largest absolute Gasteiger partial charge is 0.444 e. The standard InChI is InChI=1S/C17H22F3NO3/c1-11-9-12(17(18,19)20)7-8-13(11)16(5,10-22)21(6)14(23)24-15(2,3)4/h7-10H,1-6H3. The molecule has 0 aliphatic heterocycles. The number of ether oxygens (including phenoxy) is 1. The van der Waals surface area contributed by atoms with Gasteiger partial charge >= 0.3 is 12.3 Å². The first-order chi connectivity index (χ1) is 10.7. The molecule has 0 fully saturated rings. The molecule has 0 bridgehead atoms. The quantitative estimate of drug-likeness (QED) is 0.768. The van der Waals surface area contributed by atoms with E-state index in [4.69, 9.17) is 4.74 Å². The van der Waals surface area contributed by atoms with Crippen LogP contribution in [0.1, 0.15) is 44.4 Å². The molecule has 4 nitrogen and oxygen atoms in total. The van der Waals surface area contributed by atoms with Gasteiger partial charge in [0.15, 0.2) is 0 Å². The Bertz CT molecular complexity index is 635. The number of hydrogen-bond donors (Lipinski definition) is 0. The predicted octanol–water partition coefficient (Wildman–Crippen LogP) is 4.29. The van der Waals surface area contributed by atoms with Crippen molar-refractivity contribution < 1.29 is 27.5 Å². The van der Waals surface area contributed by atoms with Crippen molar-refractivity contribution in [1.29, 1.82) is 0 Å². The van der Waals surface area contributed by atoms with E-state index in [9.17, 15) is 22.8 Å². The first-order valence-corrected chi connectivity index (χ1v) is 7.34. The lowest BCUT2D eigenvalue weighted by Crippen LogP contribution is -2.48. The van der Waals surface area contributed by atoms with Crippen molar-refractivity contribution in [3.8, 4) is 0 Å². The Morgan fingerprint density at radius 3 is 2.08 bits per heavy atom. The summed E-state index contributed by atoms with van der Waals surface area (Å²) >= 11 is 0. The Kier molecular flexibility index (Phi) is 5.38. The summed E-state index contributed by atoms with van der Waals surface area (Å²) in [5.74, 6) is 0. The van der Waals surface area contributed by atoms with Crippen LogP contribution in [0.2, 0.25) is 0 Å². The molecule has 7 heteroatoms. The van der Waals surface area contributed by atoms with Gasteiger partial charge in [0, 0.05) is 7.05 Å². The number of amides is 1. The second kappa shape index (κ2) is 6.45. The maximum absolute atomic E-state index is 12.8. The third-order valence-electron chi connectivity index (χ3n) is 3.69. The highest BCUT2D eigenvalue weighted by Crippen LogP contribution is 2.34. The fraction of sp³-hybridized carbons (Fsp3) is 0.529. The van der Waals surface area contributed by atoms with Crippen molar-refractivity contribution in [2.24, 2.45) is 0 Å². The van der Waals surface area contributed by atoms with Crippen LogP contribution in [0.5, 0.6) is 0 Å². The van der Waals surface area contributed by atoms with Gasteiger partial charge in [-0.2, -0.15) is 13.2 Å². The van der Waals surface area contributed by atoms with Crippen molar-refractivity contribution in [3.05, 3.63) is 34.9 Å². The number of carbonyl (C=O) groups excluding carboxylic acids is 2. The van der Waals surface area contributed by atoms with Crippen LogP contribution < -0.4 is 0 Å². The molecule has 0 heterocycles. The third-order valence-corrected chi connectivity index (χ3v) is 3.69. The molecule has 1 aromatic carbocycles. The topological polar surface area (TPSA) is 46.6 Å². The maximum Gasteiger partial charge on any atom is 0.416 e. The van der Waals surface area contributed by atoms with E-state index in [-0.39, 0.29) is 5.56 Å². The molecular weight excluding hydrogens is 323 g/mol. The van der Waals surface area contributed by atoms with Crippen LogP contribution in [0.3, 0.4) is 0 Å². The number of rotatable bonds is 3. The average Bonchev–Trinajstić information content (AvgIpc) is 2.42. The summed E-state index contributed by atoms with van der Waals surface area (Å²) in [5.41, 5.74) is -2.45. The highest BCUT2D eigenvalue weighted by atomic mass is 19.4. The number of halogens is 3. The number of aldehydes is 1. The number of benzene rings is 1. The minimum atomic E-state index is -4.47. The summed E-state index contributed by atoms with van der Waals surface area (Å²) in [5, 5.41) is 0. The number of hydrogen-bond acceptors (Lipinski definition) is 3. The number of aryl methyl sites for hydroxylation is 1. The average molecular weight is 345 g/mol. The zero-order valence-electron chi connectivity index (χ0n) is 14.6. The molecule has 1 rings (SSSR count). The first-order valence-electron chi connectivity index (χ1n) is 7.34. The van der Waals surface area contributed by atoms with Crippen LogP contribution >= 0.6 is 0 Å². The van der Waals surface area contributed by atoms with Gasteiger partial charge in [-0.15, -0.1) is 0 Å². The van der Waals surface area contributed by atoms with Gasteiger partial charge in [0.05, 0.1) is 5.56 Å². The van der Waals surface area contributed by atoms with E-state index in [1.165, 1.54) is 27.0 Å². The van der Waals surface area contributed by atoms with Gasteiger partial charge in [0.2, 0.25) is 0 Å². The van der Waals surface area contributed by atoms with E-state index in [2.05, 4.69) is 0 Å². The van der Waals surface area contributed by atoms with Gasteiger partial charge in [-0.25, -0.2) is 4.79 Å². The van der Waals surface area contributed by atoms with Crippen LogP contribution in [0.4, 0.5) is 18.0 Å². The van der Waals surface area contributed by atoms with E-state index >= 15 is 0 Å². The number of nitrogens with zero attached hydrogens (tertiary/aromatic N) is 1. The lowest BCUT2D eigenvalue weighted by atomic mass is 9.87. The first kappa shape index (κ1) is 20.0. The fourth-order valence-electron chi connectivity index (χ4n) is 2.25. The van der Waals surface area contributed by atoms with E-state index < -0.39 is 29.0 Å². The van der Waals surface area contributed by atoms with Crippen LogP contribution in [0.25, 0.3) is 0 Å². The van der Waals surface area contributed by atoms with E-state index in [0.717, 1.165) is 17.0 Å². The van der Waals surface area contributed by atoms with Crippen LogP contribution in [0, 0.1) is 6.92 Å². The molecule has 1 amide bonds. The number of carbonyl (C=O) groups is 2. The van der Waals surface area contributed by atoms with Crippen molar-refractivity contribution in [1.82, 2.24) is 4.90 Å². The Balaban J connectivity index is 3.28. The van der Waals surface area contributed by atoms with E-state index in [0.29, 0.717) is 11.8 Å². The minimum Gasteiger partial charge on any atom is -0.444 e. The summed E-state index contributed by atoms with van der Waals surface area (Å²) < 4.78 is 43.6. The molecule has 24 heavy (non-hydrogen) atoms. The van der Waals surface area contributed by atoms with Gasteiger partial charge in [-0.1, -0.05) is 6.07 Å². The van der Waals surface area contributed by atoms with Gasteiger partial charge in [0.1, 0.15) is 17.4 Å². The molecule has 0 saturated carbocycles. The molecule has 0 spiro atoms. The zero-order valence-corrected chi connectivity index (χ0v) is 14.6. The smallest absolute Gasteiger partial charge is 0.416 e. The Labute approximate surface area is 139 Å². The molecule has 0 aromatic heterocycles. The molecular formula is C17H22F3NO3. The zero-order chi connectivity index (χ0) is 18.9. The normalized spacial score (nSPS) is 14.7. The van der Waals surface area contributed by atoms with Gasteiger partial charge in [-0.3, -0.25) is 4.90 Å². The molecule has 0 saturated heterocycles. The van der Waals surface area contributed by atoms with Gasteiger partial charge < -0.3 is 9.53 Å². The van der Waals surface area contributed by atoms with E-state index in [1.54, 1.807) is 20.8 Å². The summed E-state index contributed by atoms with van der Waals surface area (Å²) in [6.07, 6.45) is -4.69. The third kappa shape index (κ3) is 4.27. The monoisotopic (exact) mass is 345 g/mol. The maximum atomic E-state index is 12.8. The second-order valence-electron chi connectivity index (χ2n) is 6.83. The van der Waals surface area contributed by atoms with Crippen LogP contribution in [-0.2, 0) is 21.2 Å². The lowest BCUT2D eigenvalue weighted by Gasteiger charge is -2.36.